The molecule has 0 bridgehead atoms. The van der Waals surface area contributed by atoms with E-state index in [4.69, 9.17) is 5.73 Å². The van der Waals surface area contributed by atoms with Crippen LogP contribution in [0.25, 0.3) is 10.9 Å². The van der Waals surface area contributed by atoms with Crippen LogP contribution in [0.3, 0.4) is 0 Å². The van der Waals surface area contributed by atoms with Gasteiger partial charge in [-0.15, -0.1) is 10.2 Å². The number of rotatable bonds is 3. The van der Waals surface area contributed by atoms with E-state index in [9.17, 15) is 0 Å². The molecule has 3 aromatic rings. The Morgan fingerprint density at radius 2 is 2.05 bits per heavy atom. The van der Waals surface area contributed by atoms with Gasteiger partial charge in [0.15, 0.2) is 5.82 Å². The molecule has 0 aliphatic heterocycles. The third-order valence-corrected chi connectivity index (χ3v) is 3.57. The lowest BCUT2D eigenvalue weighted by molar-refractivity contribution is 0.708. The first kappa shape index (κ1) is 11.9. The van der Waals surface area contributed by atoms with Crippen LogP contribution >= 0.6 is 0 Å². The molecule has 0 aliphatic carbocycles. The molecule has 0 fully saturated rings. The van der Waals surface area contributed by atoms with Gasteiger partial charge in [-0.1, -0.05) is 6.07 Å². The van der Waals surface area contributed by atoms with Gasteiger partial charge in [0.25, 0.3) is 0 Å². The molecule has 5 nitrogen and oxygen atoms in total. The number of hydrogen-bond acceptors (Lipinski definition) is 3. The Labute approximate surface area is 111 Å². The van der Waals surface area contributed by atoms with E-state index in [2.05, 4.69) is 45.2 Å². The zero-order valence-electron chi connectivity index (χ0n) is 11.2. The maximum Gasteiger partial charge on any atom is 0.152 e. The maximum atomic E-state index is 5.67. The molecule has 98 valence electrons. The van der Waals surface area contributed by atoms with E-state index in [1.165, 1.54) is 10.9 Å². The second kappa shape index (κ2) is 4.51. The van der Waals surface area contributed by atoms with E-state index < -0.39 is 0 Å². The average Bonchev–Trinajstić information content (AvgIpc) is 2.97. The quantitative estimate of drug-likeness (QED) is 0.773. The second-order valence-electron chi connectivity index (χ2n) is 4.76. The number of hydrogen-bond donors (Lipinski definition) is 1. The lowest BCUT2D eigenvalue weighted by Gasteiger charge is -2.06. The fourth-order valence-electron chi connectivity index (χ4n) is 2.26. The molecule has 3 rings (SSSR count). The van der Waals surface area contributed by atoms with E-state index in [0.717, 1.165) is 23.8 Å². The van der Waals surface area contributed by atoms with Gasteiger partial charge in [-0.2, -0.15) is 0 Å². The van der Waals surface area contributed by atoms with Crippen molar-refractivity contribution in [1.82, 2.24) is 19.3 Å². The van der Waals surface area contributed by atoms with Gasteiger partial charge in [0.2, 0.25) is 0 Å². The molecule has 0 aliphatic rings. The maximum absolute atomic E-state index is 5.67. The van der Waals surface area contributed by atoms with Gasteiger partial charge in [-0.25, -0.2) is 0 Å². The largest absolute Gasteiger partial charge is 0.340 e. The Kier molecular flexibility index (Phi) is 2.83. The number of nitrogens with two attached hydrogens (primary N) is 1. The van der Waals surface area contributed by atoms with E-state index in [1.54, 1.807) is 0 Å². The Bertz CT molecular complexity index is 723. The van der Waals surface area contributed by atoms with Gasteiger partial charge in [0.1, 0.15) is 5.82 Å². The summed E-state index contributed by atoms with van der Waals surface area (Å²) < 4.78 is 4.19. The normalized spacial score (nSPS) is 11.3. The SMILES string of the molecule is Cc1nnc(Cn2ccc3cc(CN)ccc32)n1C. The minimum Gasteiger partial charge on any atom is -0.340 e. The Balaban J connectivity index is 1.99. The molecule has 0 radical (unpaired) electrons. The molecule has 0 unspecified atom stereocenters. The lowest BCUT2D eigenvalue weighted by atomic mass is 10.1. The van der Waals surface area contributed by atoms with Gasteiger partial charge in [0, 0.05) is 25.3 Å². The molecular formula is C14H17N5. The third-order valence-electron chi connectivity index (χ3n) is 3.57. The lowest BCUT2D eigenvalue weighted by Crippen LogP contribution is -2.06. The zero-order chi connectivity index (χ0) is 13.4. The zero-order valence-corrected chi connectivity index (χ0v) is 11.2. The monoisotopic (exact) mass is 255 g/mol. The van der Waals surface area contributed by atoms with Crippen LogP contribution in [-0.4, -0.2) is 19.3 Å². The predicted molar refractivity (Wildman–Crippen MR) is 74.7 cm³/mol. The summed E-state index contributed by atoms with van der Waals surface area (Å²) in [6, 6.07) is 8.42. The molecule has 2 aromatic heterocycles. The Morgan fingerprint density at radius 1 is 1.21 bits per heavy atom. The number of aryl methyl sites for hydroxylation is 1. The van der Waals surface area contributed by atoms with Crippen molar-refractivity contribution in [2.75, 3.05) is 0 Å². The molecule has 1 aromatic carbocycles. The summed E-state index contributed by atoms with van der Waals surface area (Å²) in [4.78, 5) is 0. The summed E-state index contributed by atoms with van der Waals surface area (Å²) in [5.41, 5.74) is 8.01. The molecular weight excluding hydrogens is 238 g/mol. The first-order valence-electron chi connectivity index (χ1n) is 6.32. The van der Waals surface area contributed by atoms with Crippen molar-refractivity contribution in [3.05, 3.63) is 47.7 Å². The highest BCUT2D eigenvalue weighted by atomic mass is 15.3. The van der Waals surface area contributed by atoms with Gasteiger partial charge in [-0.3, -0.25) is 0 Å². The van der Waals surface area contributed by atoms with Crippen molar-refractivity contribution in [2.45, 2.75) is 20.0 Å². The first-order valence-corrected chi connectivity index (χ1v) is 6.32. The highest BCUT2D eigenvalue weighted by Crippen LogP contribution is 2.18. The van der Waals surface area contributed by atoms with Crippen LogP contribution in [0.15, 0.2) is 30.5 Å². The van der Waals surface area contributed by atoms with E-state index in [-0.39, 0.29) is 0 Å². The molecule has 19 heavy (non-hydrogen) atoms. The van der Waals surface area contributed by atoms with Crippen LogP contribution in [0.5, 0.6) is 0 Å². The summed E-state index contributed by atoms with van der Waals surface area (Å²) in [5, 5.41) is 9.50. The summed E-state index contributed by atoms with van der Waals surface area (Å²) in [6.45, 7) is 3.25. The topological polar surface area (TPSA) is 61.7 Å². The van der Waals surface area contributed by atoms with Crippen molar-refractivity contribution < 1.29 is 0 Å². The van der Waals surface area contributed by atoms with Crippen molar-refractivity contribution in [3.63, 3.8) is 0 Å². The van der Waals surface area contributed by atoms with Crippen molar-refractivity contribution in [3.8, 4) is 0 Å². The minimum absolute atomic E-state index is 0.573. The molecule has 5 heteroatoms. The van der Waals surface area contributed by atoms with Gasteiger partial charge >= 0.3 is 0 Å². The highest BCUT2D eigenvalue weighted by molar-refractivity contribution is 5.80. The summed E-state index contributed by atoms with van der Waals surface area (Å²) >= 11 is 0. The second-order valence-corrected chi connectivity index (χ2v) is 4.76. The van der Waals surface area contributed by atoms with Gasteiger partial charge in [0.05, 0.1) is 6.54 Å². The van der Waals surface area contributed by atoms with E-state index in [0.29, 0.717) is 6.54 Å². The van der Waals surface area contributed by atoms with Gasteiger partial charge < -0.3 is 14.9 Å². The van der Waals surface area contributed by atoms with Crippen LogP contribution in [0.1, 0.15) is 17.2 Å². The molecule has 0 spiro atoms. The van der Waals surface area contributed by atoms with Crippen molar-refractivity contribution in [2.24, 2.45) is 12.8 Å². The Hall–Kier alpha value is -2.14. The van der Waals surface area contributed by atoms with Crippen LogP contribution in [0.2, 0.25) is 0 Å². The molecule has 0 saturated carbocycles. The van der Waals surface area contributed by atoms with Crippen LogP contribution < -0.4 is 5.73 Å². The smallest absolute Gasteiger partial charge is 0.152 e. The van der Waals surface area contributed by atoms with Crippen LogP contribution in [-0.2, 0) is 20.1 Å². The van der Waals surface area contributed by atoms with Crippen molar-refractivity contribution in [1.29, 1.82) is 0 Å². The van der Waals surface area contributed by atoms with Crippen molar-refractivity contribution >= 4 is 10.9 Å². The summed E-state index contributed by atoms with van der Waals surface area (Å²) in [6.07, 6.45) is 2.08. The predicted octanol–water partition coefficient (Wildman–Crippen LogP) is 1.59. The van der Waals surface area contributed by atoms with E-state index >= 15 is 0 Å². The molecule has 2 N–H and O–H groups in total. The molecule has 2 heterocycles. The van der Waals surface area contributed by atoms with Crippen LogP contribution in [0.4, 0.5) is 0 Å². The summed E-state index contributed by atoms with van der Waals surface area (Å²) in [7, 11) is 1.99. The number of nitrogens with zero attached hydrogens (tertiary/aromatic N) is 4. The number of benzene rings is 1. The molecule has 0 amide bonds. The third kappa shape index (κ3) is 2.02. The molecule has 0 atom stereocenters. The minimum atomic E-state index is 0.573. The highest BCUT2D eigenvalue weighted by Gasteiger charge is 2.08. The first-order chi connectivity index (χ1) is 9.19. The number of fused-ring (bicyclic) bond motifs is 1. The number of aromatic nitrogens is 4. The summed E-state index contributed by atoms with van der Waals surface area (Å²) in [5.74, 6) is 1.88. The average molecular weight is 255 g/mol. The molecule has 0 saturated heterocycles. The van der Waals surface area contributed by atoms with E-state index in [1.807, 2.05) is 18.5 Å². The Morgan fingerprint density at radius 3 is 2.74 bits per heavy atom. The fraction of sp³-hybridized carbons (Fsp3) is 0.286. The standard InChI is InChI=1S/C14H17N5/c1-10-16-17-14(18(10)2)9-19-6-5-12-7-11(8-15)3-4-13(12)19/h3-7H,8-9,15H2,1-2H3. The van der Waals surface area contributed by atoms with Crippen LogP contribution in [0, 0.1) is 6.92 Å². The van der Waals surface area contributed by atoms with Gasteiger partial charge in [-0.05, 0) is 36.1 Å². The fourth-order valence-corrected chi connectivity index (χ4v) is 2.26.